The molecular formula is C19H32FIN4O2S2. The summed E-state index contributed by atoms with van der Waals surface area (Å²) in [5.41, 5.74) is 0. The van der Waals surface area contributed by atoms with E-state index in [2.05, 4.69) is 15.6 Å². The SMILES string of the molecule is CCCS(=O)(=O)N1CCC(NC(=NCCSc2ccccc2F)NCC)CC1.I. The third-order valence-electron chi connectivity index (χ3n) is 4.45. The Balaban J connectivity index is 0.00000420. The van der Waals surface area contributed by atoms with Crippen LogP contribution in [0, 0.1) is 5.82 Å². The minimum Gasteiger partial charge on any atom is -0.357 e. The van der Waals surface area contributed by atoms with E-state index in [1.54, 1.807) is 16.4 Å². The lowest BCUT2D eigenvalue weighted by Crippen LogP contribution is -2.50. The molecule has 0 spiro atoms. The number of hydrogen-bond acceptors (Lipinski definition) is 4. The molecule has 1 heterocycles. The summed E-state index contributed by atoms with van der Waals surface area (Å²) in [7, 11) is -3.12. The van der Waals surface area contributed by atoms with Crippen molar-refractivity contribution < 1.29 is 12.8 Å². The summed E-state index contributed by atoms with van der Waals surface area (Å²) < 4.78 is 39.6. The Hall–Kier alpha value is -0.590. The van der Waals surface area contributed by atoms with E-state index in [1.807, 2.05) is 19.9 Å². The first-order chi connectivity index (χ1) is 13.5. The molecule has 10 heteroatoms. The molecule has 6 nitrogen and oxygen atoms in total. The van der Waals surface area contributed by atoms with Crippen LogP contribution in [0.3, 0.4) is 0 Å². The number of benzene rings is 1. The standard InChI is InChI=1S/C19H31FN4O2S2.HI/c1-3-15-28(25,26)24-12-9-16(10-13-24)23-19(21-4-2)22-11-14-27-18-8-6-5-7-17(18)20;/h5-8,16H,3-4,9-15H2,1-2H3,(H2,21,22,23);1H. The van der Waals surface area contributed by atoms with Gasteiger partial charge in [0, 0.05) is 36.3 Å². The molecule has 0 unspecified atom stereocenters. The molecule has 1 fully saturated rings. The van der Waals surface area contributed by atoms with Crippen molar-refractivity contribution in [3.8, 4) is 0 Å². The predicted molar refractivity (Wildman–Crippen MR) is 130 cm³/mol. The number of guanidine groups is 1. The number of hydrogen-bond donors (Lipinski definition) is 2. The molecule has 29 heavy (non-hydrogen) atoms. The zero-order valence-corrected chi connectivity index (χ0v) is 21.0. The lowest BCUT2D eigenvalue weighted by atomic mass is 10.1. The van der Waals surface area contributed by atoms with Crippen LogP contribution in [-0.2, 0) is 10.0 Å². The van der Waals surface area contributed by atoms with Crippen molar-refractivity contribution >= 4 is 51.7 Å². The first kappa shape index (κ1) is 26.4. The predicted octanol–water partition coefficient (Wildman–Crippen LogP) is 3.30. The summed E-state index contributed by atoms with van der Waals surface area (Å²) >= 11 is 1.45. The average Bonchev–Trinajstić information content (AvgIpc) is 2.67. The van der Waals surface area contributed by atoms with Crippen LogP contribution in [0.25, 0.3) is 0 Å². The van der Waals surface area contributed by atoms with Gasteiger partial charge in [-0.05, 0) is 38.3 Å². The molecule has 1 aromatic carbocycles. The van der Waals surface area contributed by atoms with Crippen molar-refractivity contribution in [2.45, 2.75) is 44.0 Å². The van der Waals surface area contributed by atoms with Crippen LogP contribution >= 0.6 is 35.7 Å². The van der Waals surface area contributed by atoms with Gasteiger partial charge in [0.2, 0.25) is 10.0 Å². The van der Waals surface area contributed by atoms with Crippen molar-refractivity contribution in [2.24, 2.45) is 4.99 Å². The second-order valence-corrected chi connectivity index (χ2v) is 9.90. The van der Waals surface area contributed by atoms with Crippen LogP contribution in [0.2, 0.25) is 0 Å². The normalized spacial score (nSPS) is 16.3. The minimum atomic E-state index is -3.12. The van der Waals surface area contributed by atoms with Gasteiger partial charge in [-0.1, -0.05) is 19.1 Å². The van der Waals surface area contributed by atoms with Crippen molar-refractivity contribution in [2.75, 3.05) is 37.7 Å². The Morgan fingerprint density at radius 3 is 2.59 bits per heavy atom. The maximum Gasteiger partial charge on any atom is 0.214 e. The van der Waals surface area contributed by atoms with Crippen molar-refractivity contribution in [3.05, 3.63) is 30.1 Å². The third kappa shape index (κ3) is 8.97. The topological polar surface area (TPSA) is 73.8 Å². The van der Waals surface area contributed by atoms with E-state index < -0.39 is 10.0 Å². The van der Waals surface area contributed by atoms with Crippen LogP contribution < -0.4 is 10.6 Å². The van der Waals surface area contributed by atoms with Gasteiger partial charge in [-0.2, -0.15) is 0 Å². The van der Waals surface area contributed by atoms with Crippen molar-refractivity contribution in [1.82, 2.24) is 14.9 Å². The second kappa shape index (κ2) is 13.7. The molecule has 0 atom stereocenters. The van der Waals surface area contributed by atoms with Crippen LogP contribution in [0.5, 0.6) is 0 Å². The largest absolute Gasteiger partial charge is 0.357 e. The van der Waals surface area contributed by atoms with Crippen LogP contribution in [-0.4, -0.2) is 62.4 Å². The van der Waals surface area contributed by atoms with Gasteiger partial charge in [-0.15, -0.1) is 35.7 Å². The number of rotatable bonds is 9. The highest BCUT2D eigenvalue weighted by Crippen LogP contribution is 2.20. The number of nitrogens with one attached hydrogen (secondary N) is 2. The molecule has 1 aliphatic heterocycles. The fourth-order valence-electron chi connectivity index (χ4n) is 3.05. The molecule has 0 amide bonds. The zero-order valence-electron chi connectivity index (χ0n) is 17.1. The quantitative estimate of drug-likeness (QED) is 0.160. The van der Waals surface area contributed by atoms with Crippen molar-refractivity contribution in [3.63, 3.8) is 0 Å². The molecule has 1 aliphatic rings. The van der Waals surface area contributed by atoms with Gasteiger partial charge < -0.3 is 10.6 Å². The maximum atomic E-state index is 13.6. The molecule has 0 aliphatic carbocycles. The van der Waals surface area contributed by atoms with E-state index in [1.165, 1.54) is 17.8 Å². The van der Waals surface area contributed by atoms with Gasteiger partial charge in [-0.25, -0.2) is 17.1 Å². The van der Waals surface area contributed by atoms with Crippen LogP contribution in [0.4, 0.5) is 4.39 Å². The first-order valence-corrected chi connectivity index (χ1v) is 12.5. The highest BCUT2D eigenvalue weighted by molar-refractivity contribution is 14.0. The minimum absolute atomic E-state index is 0. The zero-order chi connectivity index (χ0) is 20.4. The fourth-order valence-corrected chi connectivity index (χ4v) is 5.38. The summed E-state index contributed by atoms with van der Waals surface area (Å²) in [6.07, 6.45) is 2.16. The summed E-state index contributed by atoms with van der Waals surface area (Å²) in [4.78, 5) is 5.20. The lowest BCUT2D eigenvalue weighted by Gasteiger charge is -2.32. The lowest BCUT2D eigenvalue weighted by molar-refractivity contribution is 0.306. The van der Waals surface area contributed by atoms with Gasteiger partial charge in [0.1, 0.15) is 5.82 Å². The number of aliphatic imine (C=N–C) groups is 1. The molecule has 1 aromatic rings. The van der Waals surface area contributed by atoms with E-state index in [9.17, 15) is 12.8 Å². The molecule has 0 aromatic heterocycles. The molecule has 1 saturated heterocycles. The van der Waals surface area contributed by atoms with E-state index >= 15 is 0 Å². The van der Waals surface area contributed by atoms with Crippen LogP contribution in [0.15, 0.2) is 34.2 Å². The smallest absolute Gasteiger partial charge is 0.214 e. The summed E-state index contributed by atoms with van der Waals surface area (Å²) in [5.74, 6) is 1.43. The van der Waals surface area contributed by atoms with Gasteiger partial charge in [0.25, 0.3) is 0 Å². The third-order valence-corrected chi connectivity index (χ3v) is 7.55. The summed E-state index contributed by atoms with van der Waals surface area (Å²) in [6.45, 7) is 6.29. The van der Waals surface area contributed by atoms with Gasteiger partial charge >= 0.3 is 0 Å². The number of nitrogens with zero attached hydrogens (tertiary/aromatic N) is 2. The summed E-state index contributed by atoms with van der Waals surface area (Å²) in [5, 5.41) is 6.63. The van der Waals surface area contributed by atoms with Crippen molar-refractivity contribution in [1.29, 1.82) is 0 Å². The average molecular weight is 559 g/mol. The number of piperidine rings is 1. The molecule has 0 radical (unpaired) electrons. The Kier molecular flexibility index (Phi) is 12.5. The Bertz CT molecular complexity index is 741. The number of sulfonamides is 1. The van der Waals surface area contributed by atoms with Gasteiger partial charge in [-0.3, -0.25) is 4.99 Å². The summed E-state index contributed by atoms with van der Waals surface area (Å²) in [6, 6.07) is 6.94. The Labute approximate surface area is 195 Å². The van der Waals surface area contributed by atoms with E-state index in [4.69, 9.17) is 0 Å². The monoisotopic (exact) mass is 558 g/mol. The molecular weight excluding hydrogens is 526 g/mol. The molecule has 0 bridgehead atoms. The molecule has 0 saturated carbocycles. The Morgan fingerprint density at radius 1 is 1.28 bits per heavy atom. The van der Waals surface area contributed by atoms with Crippen LogP contribution in [0.1, 0.15) is 33.1 Å². The molecule has 2 rings (SSSR count). The van der Waals surface area contributed by atoms with E-state index in [0.29, 0.717) is 36.7 Å². The first-order valence-electron chi connectivity index (χ1n) is 9.86. The molecule has 166 valence electrons. The number of thioether (sulfide) groups is 1. The molecule has 2 N–H and O–H groups in total. The highest BCUT2D eigenvalue weighted by atomic mass is 127. The Morgan fingerprint density at radius 2 is 1.97 bits per heavy atom. The van der Waals surface area contributed by atoms with Gasteiger partial charge in [0.15, 0.2) is 5.96 Å². The van der Waals surface area contributed by atoms with Gasteiger partial charge in [0.05, 0.1) is 12.3 Å². The van der Waals surface area contributed by atoms with E-state index in [-0.39, 0.29) is 41.6 Å². The fraction of sp³-hybridized carbons (Fsp3) is 0.632. The maximum absolute atomic E-state index is 13.6. The number of halogens is 2. The van der Waals surface area contributed by atoms with E-state index in [0.717, 1.165) is 25.3 Å². The highest BCUT2D eigenvalue weighted by Gasteiger charge is 2.27. The second-order valence-electron chi connectivity index (χ2n) is 6.67.